The predicted molar refractivity (Wildman–Crippen MR) is 79.8 cm³/mol. The van der Waals surface area contributed by atoms with Crippen molar-refractivity contribution in [2.75, 3.05) is 27.4 Å². The maximum atomic E-state index is 5.49. The van der Waals surface area contributed by atoms with Gasteiger partial charge in [0.25, 0.3) is 0 Å². The van der Waals surface area contributed by atoms with Gasteiger partial charge in [-0.2, -0.15) is 0 Å². The Bertz CT molecular complexity index is 557. The van der Waals surface area contributed by atoms with Crippen LogP contribution in [0.2, 0.25) is 0 Å². The molecule has 0 saturated carbocycles. The number of rotatable bonds is 7. The van der Waals surface area contributed by atoms with Crippen molar-refractivity contribution >= 4 is 15.9 Å². The number of halogens is 1. The Morgan fingerprint density at radius 3 is 2.90 bits per heavy atom. The summed E-state index contributed by atoms with van der Waals surface area (Å²) in [7, 11) is 3.32. The van der Waals surface area contributed by atoms with Crippen LogP contribution < -0.4 is 10.1 Å². The maximum absolute atomic E-state index is 5.49. The van der Waals surface area contributed by atoms with E-state index in [9.17, 15) is 0 Å². The normalized spacial score (nSPS) is 10.8. The minimum absolute atomic E-state index is 0.638. The van der Waals surface area contributed by atoms with Crippen molar-refractivity contribution in [2.45, 2.75) is 6.54 Å². The molecule has 2 aromatic rings. The van der Waals surface area contributed by atoms with E-state index in [1.807, 2.05) is 18.2 Å². The van der Waals surface area contributed by atoms with E-state index in [4.69, 9.17) is 13.9 Å². The molecular formula is C14H17BrN2O3. The highest BCUT2D eigenvalue weighted by molar-refractivity contribution is 9.10. The summed E-state index contributed by atoms with van der Waals surface area (Å²) < 4.78 is 16.6. The van der Waals surface area contributed by atoms with Crippen molar-refractivity contribution in [1.29, 1.82) is 0 Å². The van der Waals surface area contributed by atoms with Crippen LogP contribution in [0.1, 0.15) is 5.69 Å². The Balaban J connectivity index is 2.13. The van der Waals surface area contributed by atoms with Crippen LogP contribution in [0.15, 0.2) is 33.5 Å². The lowest BCUT2D eigenvalue weighted by atomic mass is 10.1. The highest BCUT2D eigenvalue weighted by atomic mass is 79.9. The molecule has 5 nitrogen and oxygen atoms in total. The zero-order valence-corrected chi connectivity index (χ0v) is 13.1. The first-order valence-electron chi connectivity index (χ1n) is 6.22. The van der Waals surface area contributed by atoms with Crippen LogP contribution in [0.3, 0.4) is 0 Å². The highest BCUT2D eigenvalue weighted by Gasteiger charge is 2.12. The fourth-order valence-electron chi connectivity index (χ4n) is 1.82. The van der Waals surface area contributed by atoms with E-state index in [0.717, 1.165) is 33.8 Å². The van der Waals surface area contributed by atoms with Gasteiger partial charge in [-0.3, -0.25) is 0 Å². The Morgan fingerprint density at radius 1 is 1.35 bits per heavy atom. The van der Waals surface area contributed by atoms with Gasteiger partial charge in [-0.15, -0.1) is 0 Å². The molecule has 0 aliphatic heterocycles. The van der Waals surface area contributed by atoms with Gasteiger partial charge in [-0.1, -0.05) is 0 Å². The first-order valence-corrected chi connectivity index (χ1v) is 7.01. The van der Waals surface area contributed by atoms with E-state index in [-0.39, 0.29) is 0 Å². The van der Waals surface area contributed by atoms with Crippen LogP contribution in [-0.2, 0) is 11.3 Å². The molecule has 0 amide bonds. The van der Waals surface area contributed by atoms with Crippen LogP contribution in [-0.4, -0.2) is 32.4 Å². The third kappa shape index (κ3) is 3.59. The maximum Gasteiger partial charge on any atom is 0.181 e. The molecule has 6 heteroatoms. The summed E-state index contributed by atoms with van der Waals surface area (Å²) in [6.07, 6.45) is 1.46. The van der Waals surface area contributed by atoms with Crippen molar-refractivity contribution < 1.29 is 13.9 Å². The first kappa shape index (κ1) is 15.0. The van der Waals surface area contributed by atoms with Gasteiger partial charge in [0.1, 0.15) is 11.4 Å². The Morgan fingerprint density at radius 2 is 2.20 bits per heavy atom. The van der Waals surface area contributed by atoms with E-state index in [1.165, 1.54) is 6.39 Å². The molecule has 0 atom stereocenters. The van der Waals surface area contributed by atoms with Gasteiger partial charge in [0.05, 0.1) is 18.2 Å². The van der Waals surface area contributed by atoms with E-state index in [1.54, 1.807) is 14.2 Å². The van der Waals surface area contributed by atoms with Crippen molar-refractivity contribution in [3.05, 3.63) is 34.8 Å². The second-order valence-corrected chi connectivity index (χ2v) is 5.00. The molecule has 1 aromatic heterocycles. The zero-order valence-electron chi connectivity index (χ0n) is 11.5. The highest BCUT2D eigenvalue weighted by Crippen LogP contribution is 2.31. The lowest BCUT2D eigenvalue weighted by Crippen LogP contribution is -2.19. The number of nitrogens with zero attached hydrogens (tertiary/aromatic N) is 1. The molecule has 20 heavy (non-hydrogen) atoms. The lowest BCUT2D eigenvalue weighted by molar-refractivity contribution is 0.199. The molecule has 0 fully saturated rings. The SMILES string of the molecule is COCCNCc1ncoc1-c1ccc(OC)c(Br)c1. The van der Waals surface area contributed by atoms with E-state index < -0.39 is 0 Å². The molecule has 0 unspecified atom stereocenters. The van der Waals surface area contributed by atoms with Gasteiger partial charge in [0.15, 0.2) is 12.2 Å². The van der Waals surface area contributed by atoms with Crippen molar-refractivity contribution in [1.82, 2.24) is 10.3 Å². The molecule has 0 saturated heterocycles. The van der Waals surface area contributed by atoms with Crippen LogP contribution in [0.25, 0.3) is 11.3 Å². The van der Waals surface area contributed by atoms with Crippen LogP contribution in [0.4, 0.5) is 0 Å². The number of ether oxygens (including phenoxy) is 2. The molecule has 108 valence electrons. The quantitative estimate of drug-likeness (QED) is 0.785. The third-order valence-corrected chi connectivity index (χ3v) is 3.45. The number of oxazole rings is 1. The van der Waals surface area contributed by atoms with Crippen LogP contribution >= 0.6 is 15.9 Å². The Labute approximate surface area is 126 Å². The van der Waals surface area contributed by atoms with E-state index >= 15 is 0 Å². The fourth-order valence-corrected chi connectivity index (χ4v) is 2.36. The number of aromatic nitrogens is 1. The average Bonchev–Trinajstić information content (AvgIpc) is 2.92. The standard InChI is InChI=1S/C14H17BrN2O3/c1-18-6-5-16-8-12-14(20-9-17-12)10-3-4-13(19-2)11(15)7-10/h3-4,7,9,16H,5-6,8H2,1-2H3. The molecular weight excluding hydrogens is 324 g/mol. The summed E-state index contributed by atoms with van der Waals surface area (Å²) >= 11 is 3.47. The lowest BCUT2D eigenvalue weighted by Gasteiger charge is -2.06. The molecule has 0 aliphatic carbocycles. The van der Waals surface area contributed by atoms with Gasteiger partial charge in [0.2, 0.25) is 0 Å². The van der Waals surface area contributed by atoms with Crippen LogP contribution in [0.5, 0.6) is 5.75 Å². The van der Waals surface area contributed by atoms with Gasteiger partial charge >= 0.3 is 0 Å². The molecule has 0 aliphatic rings. The molecule has 0 bridgehead atoms. The van der Waals surface area contributed by atoms with Crippen molar-refractivity contribution in [3.63, 3.8) is 0 Å². The third-order valence-electron chi connectivity index (χ3n) is 2.83. The van der Waals surface area contributed by atoms with Gasteiger partial charge < -0.3 is 19.2 Å². The van der Waals surface area contributed by atoms with Gasteiger partial charge in [0, 0.05) is 25.8 Å². The zero-order chi connectivity index (χ0) is 14.4. The van der Waals surface area contributed by atoms with Gasteiger partial charge in [-0.05, 0) is 34.1 Å². The van der Waals surface area contributed by atoms with E-state index in [0.29, 0.717) is 13.2 Å². The summed E-state index contributed by atoms with van der Waals surface area (Å²) in [5.41, 5.74) is 1.83. The Hall–Kier alpha value is -1.37. The average molecular weight is 341 g/mol. The summed E-state index contributed by atoms with van der Waals surface area (Å²) in [6, 6.07) is 5.80. The molecule has 1 N–H and O–H groups in total. The van der Waals surface area contributed by atoms with Crippen molar-refractivity contribution in [2.24, 2.45) is 0 Å². The summed E-state index contributed by atoms with van der Waals surface area (Å²) in [6.45, 7) is 2.08. The number of hydrogen-bond acceptors (Lipinski definition) is 5. The molecule has 1 heterocycles. The fraction of sp³-hybridized carbons (Fsp3) is 0.357. The first-order chi connectivity index (χ1) is 9.76. The number of methoxy groups -OCH3 is 2. The summed E-state index contributed by atoms with van der Waals surface area (Å²) in [4.78, 5) is 4.25. The molecule has 1 aromatic carbocycles. The minimum atomic E-state index is 0.638. The molecule has 0 radical (unpaired) electrons. The van der Waals surface area contributed by atoms with Crippen molar-refractivity contribution in [3.8, 4) is 17.1 Å². The smallest absolute Gasteiger partial charge is 0.181 e. The largest absolute Gasteiger partial charge is 0.496 e. The van der Waals surface area contributed by atoms with Crippen LogP contribution in [0, 0.1) is 0 Å². The monoisotopic (exact) mass is 340 g/mol. The number of nitrogens with one attached hydrogen (secondary N) is 1. The topological polar surface area (TPSA) is 56.5 Å². The minimum Gasteiger partial charge on any atom is -0.496 e. The number of benzene rings is 1. The second-order valence-electron chi connectivity index (χ2n) is 4.15. The van der Waals surface area contributed by atoms with E-state index in [2.05, 4.69) is 26.2 Å². The summed E-state index contributed by atoms with van der Waals surface area (Å²) in [5.74, 6) is 1.55. The molecule has 0 spiro atoms. The molecule has 2 rings (SSSR count). The Kier molecular flexibility index (Phi) is 5.58. The number of hydrogen-bond donors (Lipinski definition) is 1. The predicted octanol–water partition coefficient (Wildman–Crippen LogP) is 2.85. The summed E-state index contributed by atoms with van der Waals surface area (Å²) in [5, 5.41) is 3.25. The second kappa shape index (κ2) is 7.42. The van der Waals surface area contributed by atoms with Gasteiger partial charge in [-0.25, -0.2) is 4.98 Å².